The SMILES string of the molecule is O=C(O)c1cccc(C(=O)N2CCC(OCc3c(-c4c(Cl)ccc(C5CC5c5onc(-c6c(Cl)cccc6Cl)c5COC5CC6(CCN(C(=O)c7cccc(C(=O)O)c7)CC6)C5)c4Cl)noc3C3CC3)CC2)c1. The van der Waals surface area contributed by atoms with E-state index in [2.05, 4.69) is 10.3 Å². The number of amides is 2. The van der Waals surface area contributed by atoms with Gasteiger partial charge < -0.3 is 38.5 Å². The fourth-order valence-electron chi connectivity index (χ4n) is 11.1. The Labute approximate surface area is 440 Å². The highest BCUT2D eigenvalue weighted by Gasteiger charge is 2.49. The number of piperidine rings is 2. The predicted molar refractivity (Wildman–Crippen MR) is 272 cm³/mol. The molecule has 2 amide bonds. The molecule has 2 atom stereocenters. The summed E-state index contributed by atoms with van der Waals surface area (Å²) in [5.41, 5.74) is 5.56. The summed E-state index contributed by atoms with van der Waals surface area (Å²) in [6.07, 6.45) is 7.03. The molecule has 4 aromatic carbocycles. The lowest BCUT2D eigenvalue weighted by molar-refractivity contribution is -0.108. The Balaban J connectivity index is 0.774. The number of benzene rings is 4. The number of halogens is 4. The van der Waals surface area contributed by atoms with Gasteiger partial charge in [-0.3, -0.25) is 9.59 Å². The van der Waals surface area contributed by atoms with Gasteiger partial charge in [0.1, 0.15) is 22.9 Å². The summed E-state index contributed by atoms with van der Waals surface area (Å²) in [6, 6.07) is 21.4. The van der Waals surface area contributed by atoms with Gasteiger partial charge in [0.05, 0.1) is 56.6 Å². The maximum Gasteiger partial charge on any atom is 0.335 e. The van der Waals surface area contributed by atoms with Crippen molar-refractivity contribution in [1.82, 2.24) is 20.1 Å². The van der Waals surface area contributed by atoms with Crippen LogP contribution in [0.15, 0.2) is 87.9 Å². The summed E-state index contributed by atoms with van der Waals surface area (Å²) in [6.45, 7) is 2.52. The van der Waals surface area contributed by atoms with E-state index in [4.69, 9.17) is 64.9 Å². The van der Waals surface area contributed by atoms with Gasteiger partial charge in [-0.15, -0.1) is 0 Å². The number of hydrogen-bond donors (Lipinski definition) is 2. The number of carbonyl (C=O) groups excluding carboxylic acids is 2. The highest BCUT2D eigenvalue weighted by Crippen LogP contribution is 2.60. The van der Waals surface area contributed by atoms with Crippen LogP contribution in [0.3, 0.4) is 0 Å². The molecule has 2 N–H and O–H groups in total. The van der Waals surface area contributed by atoms with E-state index in [1.807, 2.05) is 17.0 Å². The topological polar surface area (TPSA) is 186 Å². The molecule has 4 heterocycles. The van der Waals surface area contributed by atoms with Gasteiger partial charge in [0.15, 0.2) is 0 Å². The van der Waals surface area contributed by atoms with E-state index in [0.29, 0.717) is 98.5 Å². The van der Waals surface area contributed by atoms with Gasteiger partial charge in [-0.25, -0.2) is 9.59 Å². The van der Waals surface area contributed by atoms with Gasteiger partial charge in [0, 0.05) is 71.4 Å². The summed E-state index contributed by atoms with van der Waals surface area (Å²) in [4.78, 5) is 53.2. The molecule has 6 aromatic rings. The number of hydrogen-bond acceptors (Lipinski definition) is 10. The van der Waals surface area contributed by atoms with Crippen LogP contribution in [0.5, 0.6) is 0 Å². The molecule has 14 nitrogen and oxygen atoms in total. The molecule has 2 saturated heterocycles. The summed E-state index contributed by atoms with van der Waals surface area (Å²) in [7, 11) is 0. The molecule has 73 heavy (non-hydrogen) atoms. The Kier molecular flexibility index (Phi) is 13.7. The van der Waals surface area contributed by atoms with Crippen molar-refractivity contribution in [2.45, 2.75) is 101 Å². The Bertz CT molecular complexity index is 3130. The second-order valence-electron chi connectivity index (χ2n) is 20.1. The molecular weight excluding hydrogens is 1020 g/mol. The van der Waals surface area contributed by atoms with Gasteiger partial charge in [-0.05, 0) is 129 Å². The van der Waals surface area contributed by atoms with E-state index < -0.39 is 11.9 Å². The molecule has 2 unspecified atom stereocenters. The fraction of sp³-hybridized carbons (Fsp3) is 0.382. The van der Waals surface area contributed by atoms with Crippen molar-refractivity contribution in [3.05, 3.63) is 149 Å². The van der Waals surface area contributed by atoms with Crippen LogP contribution in [0.4, 0.5) is 0 Å². The molecule has 5 fully saturated rings. The second-order valence-corrected chi connectivity index (χ2v) is 21.7. The molecule has 18 heteroatoms. The number of aromatic carboxylic acids is 2. The van der Waals surface area contributed by atoms with Crippen molar-refractivity contribution in [2.24, 2.45) is 5.41 Å². The van der Waals surface area contributed by atoms with Gasteiger partial charge >= 0.3 is 11.9 Å². The van der Waals surface area contributed by atoms with Crippen molar-refractivity contribution in [2.75, 3.05) is 26.2 Å². The van der Waals surface area contributed by atoms with Crippen LogP contribution in [0, 0.1) is 5.41 Å². The number of carboxylic acid groups (broad SMARTS) is 2. The minimum absolute atomic E-state index is 0.0245. The monoisotopic (exact) mass is 1070 g/mol. The first-order chi connectivity index (χ1) is 35.3. The second kappa shape index (κ2) is 20.2. The van der Waals surface area contributed by atoms with Crippen LogP contribution < -0.4 is 0 Å². The lowest BCUT2D eigenvalue weighted by atomic mass is 9.61. The Morgan fingerprint density at radius 1 is 0.603 bits per heavy atom. The standard InChI is InChI=1S/C55H50Cl4N4O10/c56-41-8-3-9-42(57)44(41)47-40(28-71-35-25-55(26-35)16-20-63(21-17-55)52(65)31-5-2-7-33(23-31)54(68)69)50(73-60-47)38-24-37(38)36-12-13-43(58)45(46(36)59)48-39(49(72-61-48)29-10-11-29)27-70-34-14-18-62(19-15-34)51(64)30-4-1-6-32(22-30)53(66)67/h1-9,12-13,22-23,29,34-35,37-38H,10-11,14-21,24-28H2,(H,66,67)(H,68,69). The van der Waals surface area contributed by atoms with Gasteiger partial charge in [-0.1, -0.05) is 81.0 Å². The molecule has 5 aliphatic rings. The first kappa shape index (κ1) is 49.5. The number of carboxylic acids is 2. The number of carbonyl (C=O) groups is 4. The normalized spacial score (nSPS) is 19.8. The fourth-order valence-corrected chi connectivity index (χ4v) is 12.3. The molecule has 11 rings (SSSR count). The third-order valence-electron chi connectivity index (χ3n) is 15.5. The van der Waals surface area contributed by atoms with Crippen LogP contribution in [0.1, 0.15) is 145 Å². The molecule has 2 aromatic heterocycles. The van der Waals surface area contributed by atoms with Gasteiger partial charge in [-0.2, -0.15) is 0 Å². The zero-order valence-corrected chi connectivity index (χ0v) is 42.5. The Morgan fingerprint density at radius 2 is 1.11 bits per heavy atom. The predicted octanol–water partition coefficient (Wildman–Crippen LogP) is 12.6. The third-order valence-corrected chi connectivity index (χ3v) is 16.8. The van der Waals surface area contributed by atoms with Crippen LogP contribution in [-0.2, 0) is 22.7 Å². The van der Waals surface area contributed by atoms with E-state index >= 15 is 0 Å². The van der Waals surface area contributed by atoms with E-state index in [1.165, 1.54) is 24.3 Å². The maximum atomic E-state index is 13.3. The molecule has 378 valence electrons. The average molecular weight is 1070 g/mol. The summed E-state index contributed by atoms with van der Waals surface area (Å²) in [5, 5.41) is 29.8. The van der Waals surface area contributed by atoms with E-state index in [-0.39, 0.29) is 71.5 Å². The smallest absolute Gasteiger partial charge is 0.335 e. The van der Waals surface area contributed by atoms with Crippen LogP contribution >= 0.6 is 46.4 Å². The van der Waals surface area contributed by atoms with Crippen LogP contribution in [0.2, 0.25) is 20.1 Å². The van der Waals surface area contributed by atoms with Gasteiger partial charge in [0.25, 0.3) is 11.8 Å². The average Bonchev–Trinajstić information content (AvgIpc) is 4.31. The van der Waals surface area contributed by atoms with Crippen LogP contribution in [0.25, 0.3) is 22.5 Å². The lowest BCUT2D eigenvalue weighted by Gasteiger charge is -2.51. The van der Waals surface area contributed by atoms with E-state index in [9.17, 15) is 29.4 Å². The summed E-state index contributed by atoms with van der Waals surface area (Å²) >= 11 is 28.0. The zero-order chi connectivity index (χ0) is 50.7. The molecule has 0 radical (unpaired) electrons. The molecular formula is C55H50Cl4N4O10. The highest BCUT2D eigenvalue weighted by atomic mass is 35.5. The Hall–Kier alpha value is -5.74. The molecule has 3 aliphatic carbocycles. The van der Waals surface area contributed by atoms with Crippen molar-refractivity contribution >= 4 is 70.2 Å². The highest BCUT2D eigenvalue weighted by molar-refractivity contribution is 6.40. The van der Waals surface area contributed by atoms with Crippen molar-refractivity contribution in [3.63, 3.8) is 0 Å². The minimum atomic E-state index is -1.08. The van der Waals surface area contributed by atoms with Crippen molar-refractivity contribution < 1.29 is 47.9 Å². The number of aromatic nitrogens is 2. The Morgan fingerprint density at radius 3 is 1.70 bits per heavy atom. The number of likely N-dealkylation sites (tertiary alicyclic amines) is 2. The van der Waals surface area contributed by atoms with Gasteiger partial charge in [0.2, 0.25) is 0 Å². The number of ether oxygens (including phenoxy) is 2. The number of nitrogens with zero attached hydrogens (tertiary/aromatic N) is 4. The molecule has 2 aliphatic heterocycles. The largest absolute Gasteiger partial charge is 0.478 e. The van der Waals surface area contributed by atoms with Crippen molar-refractivity contribution in [3.8, 4) is 22.5 Å². The zero-order valence-electron chi connectivity index (χ0n) is 39.5. The minimum Gasteiger partial charge on any atom is -0.478 e. The lowest BCUT2D eigenvalue weighted by Crippen LogP contribution is -2.51. The summed E-state index contributed by atoms with van der Waals surface area (Å²) < 4.78 is 25.5. The summed E-state index contributed by atoms with van der Waals surface area (Å²) in [5.74, 6) is -1.02. The quantitative estimate of drug-likeness (QED) is 0.0993. The third kappa shape index (κ3) is 9.90. The number of rotatable bonds is 15. The van der Waals surface area contributed by atoms with E-state index in [1.54, 1.807) is 47.4 Å². The molecule has 3 saturated carbocycles. The molecule has 0 bridgehead atoms. The first-order valence-electron chi connectivity index (χ1n) is 24.6. The van der Waals surface area contributed by atoms with E-state index in [0.717, 1.165) is 67.4 Å². The van der Waals surface area contributed by atoms with Crippen molar-refractivity contribution in [1.29, 1.82) is 0 Å². The molecule has 1 spiro atoms. The van der Waals surface area contributed by atoms with Crippen LogP contribution in [-0.4, -0.2) is 92.5 Å². The first-order valence-corrected chi connectivity index (χ1v) is 26.1. The maximum absolute atomic E-state index is 13.3.